The van der Waals surface area contributed by atoms with Gasteiger partial charge in [-0.15, -0.1) is 0 Å². The van der Waals surface area contributed by atoms with Crippen LogP contribution < -0.4 is 11.1 Å². The molecular formula is C11H14N2. The molecule has 0 saturated carbocycles. The summed E-state index contributed by atoms with van der Waals surface area (Å²) in [7, 11) is 0. The van der Waals surface area contributed by atoms with E-state index in [-0.39, 0.29) is 0 Å². The summed E-state index contributed by atoms with van der Waals surface area (Å²) in [6.45, 7) is 0.732. The summed E-state index contributed by atoms with van der Waals surface area (Å²) in [6, 6.07) is 8.39. The molecule has 0 radical (unpaired) electrons. The van der Waals surface area contributed by atoms with Gasteiger partial charge >= 0.3 is 0 Å². The van der Waals surface area contributed by atoms with Gasteiger partial charge in [-0.25, -0.2) is 0 Å². The maximum absolute atomic E-state index is 5.51. The van der Waals surface area contributed by atoms with E-state index in [1.54, 1.807) is 0 Å². The predicted molar refractivity (Wildman–Crippen MR) is 55.5 cm³/mol. The molecule has 0 amide bonds. The van der Waals surface area contributed by atoms with Crippen LogP contribution in [0.3, 0.4) is 0 Å². The van der Waals surface area contributed by atoms with Crippen molar-refractivity contribution in [1.29, 1.82) is 0 Å². The Morgan fingerprint density at radius 3 is 3.00 bits per heavy atom. The number of benzene rings is 1. The fourth-order valence-corrected chi connectivity index (χ4v) is 1.64. The molecule has 2 heteroatoms. The highest BCUT2D eigenvalue weighted by molar-refractivity contribution is 5.57. The van der Waals surface area contributed by atoms with Crippen LogP contribution in [-0.4, -0.2) is 6.54 Å². The zero-order valence-corrected chi connectivity index (χ0v) is 7.59. The van der Waals surface area contributed by atoms with Gasteiger partial charge in [-0.1, -0.05) is 18.2 Å². The highest BCUT2D eigenvalue weighted by Crippen LogP contribution is 2.24. The Morgan fingerprint density at radius 1 is 1.31 bits per heavy atom. The second-order valence-electron chi connectivity index (χ2n) is 3.32. The van der Waals surface area contributed by atoms with Crippen LogP contribution >= 0.6 is 0 Å². The molecule has 1 aliphatic heterocycles. The van der Waals surface area contributed by atoms with Crippen LogP contribution in [0.4, 0.5) is 5.69 Å². The summed E-state index contributed by atoms with van der Waals surface area (Å²) < 4.78 is 0. The van der Waals surface area contributed by atoms with Crippen molar-refractivity contribution in [3.8, 4) is 0 Å². The van der Waals surface area contributed by atoms with Gasteiger partial charge in [0.2, 0.25) is 0 Å². The number of fused-ring (bicyclic) bond motifs is 1. The average Bonchev–Trinajstić information content (AvgIpc) is 2.18. The van der Waals surface area contributed by atoms with E-state index >= 15 is 0 Å². The first-order valence-electron chi connectivity index (χ1n) is 4.62. The first-order chi connectivity index (χ1) is 6.40. The maximum Gasteiger partial charge on any atom is 0.0415 e. The highest BCUT2D eigenvalue weighted by atomic mass is 14.9. The van der Waals surface area contributed by atoms with Crippen molar-refractivity contribution in [3.05, 3.63) is 41.6 Å². The summed E-state index contributed by atoms with van der Waals surface area (Å²) in [4.78, 5) is 0. The molecule has 0 spiro atoms. The van der Waals surface area contributed by atoms with Crippen LogP contribution in [0.2, 0.25) is 0 Å². The van der Waals surface area contributed by atoms with Crippen molar-refractivity contribution < 1.29 is 0 Å². The van der Waals surface area contributed by atoms with Gasteiger partial charge in [0.15, 0.2) is 0 Å². The van der Waals surface area contributed by atoms with E-state index in [0.29, 0.717) is 0 Å². The third-order valence-electron chi connectivity index (χ3n) is 2.33. The van der Waals surface area contributed by atoms with E-state index in [1.165, 1.54) is 16.8 Å². The van der Waals surface area contributed by atoms with Crippen LogP contribution in [0.1, 0.15) is 12.0 Å². The molecule has 1 heterocycles. The number of anilines is 1. The summed E-state index contributed by atoms with van der Waals surface area (Å²) in [5.41, 5.74) is 9.49. The SMILES string of the molecule is NCCC1=CNc2ccccc2C1. The topological polar surface area (TPSA) is 38.0 Å². The first-order valence-corrected chi connectivity index (χ1v) is 4.62. The molecule has 2 nitrogen and oxygen atoms in total. The number of hydrogen-bond donors (Lipinski definition) is 2. The van der Waals surface area contributed by atoms with Crippen LogP contribution in [0, 0.1) is 0 Å². The molecule has 0 fully saturated rings. The Hall–Kier alpha value is -1.28. The lowest BCUT2D eigenvalue weighted by Crippen LogP contribution is -2.09. The average molecular weight is 174 g/mol. The fourth-order valence-electron chi connectivity index (χ4n) is 1.64. The highest BCUT2D eigenvalue weighted by Gasteiger charge is 2.08. The van der Waals surface area contributed by atoms with Crippen molar-refractivity contribution in [1.82, 2.24) is 0 Å². The molecule has 0 saturated heterocycles. The minimum atomic E-state index is 0.732. The number of rotatable bonds is 2. The van der Waals surface area contributed by atoms with Gasteiger partial charge in [-0.05, 0) is 36.6 Å². The normalized spacial score (nSPS) is 14.4. The number of nitrogens with one attached hydrogen (secondary N) is 1. The van der Waals surface area contributed by atoms with Gasteiger partial charge < -0.3 is 11.1 Å². The molecule has 0 aliphatic carbocycles. The Balaban J connectivity index is 2.18. The molecule has 1 aliphatic rings. The minimum Gasteiger partial charge on any atom is -0.361 e. The Morgan fingerprint density at radius 2 is 2.15 bits per heavy atom. The van der Waals surface area contributed by atoms with Gasteiger partial charge in [0, 0.05) is 11.9 Å². The second-order valence-corrected chi connectivity index (χ2v) is 3.32. The number of nitrogens with two attached hydrogens (primary N) is 1. The summed E-state index contributed by atoms with van der Waals surface area (Å²) >= 11 is 0. The quantitative estimate of drug-likeness (QED) is 0.718. The van der Waals surface area contributed by atoms with Crippen LogP contribution in [0.15, 0.2) is 36.0 Å². The van der Waals surface area contributed by atoms with Crippen molar-refractivity contribution in [3.63, 3.8) is 0 Å². The standard InChI is InChI=1S/C11H14N2/c12-6-5-9-7-10-3-1-2-4-11(10)13-8-9/h1-4,8,13H,5-7,12H2. The van der Waals surface area contributed by atoms with Crippen molar-refractivity contribution in [2.75, 3.05) is 11.9 Å². The van der Waals surface area contributed by atoms with E-state index < -0.39 is 0 Å². The summed E-state index contributed by atoms with van der Waals surface area (Å²) in [5, 5.41) is 3.28. The van der Waals surface area contributed by atoms with Crippen LogP contribution in [0.5, 0.6) is 0 Å². The Kier molecular flexibility index (Phi) is 2.32. The molecule has 1 aromatic rings. The second kappa shape index (κ2) is 3.62. The number of hydrogen-bond acceptors (Lipinski definition) is 2. The molecule has 0 atom stereocenters. The van der Waals surface area contributed by atoms with E-state index in [0.717, 1.165) is 19.4 Å². The zero-order valence-electron chi connectivity index (χ0n) is 7.59. The zero-order chi connectivity index (χ0) is 9.10. The molecule has 1 aromatic carbocycles. The lowest BCUT2D eigenvalue weighted by Gasteiger charge is -2.17. The Bertz CT molecular complexity index is 329. The van der Waals surface area contributed by atoms with Crippen molar-refractivity contribution in [2.24, 2.45) is 5.73 Å². The van der Waals surface area contributed by atoms with E-state index in [9.17, 15) is 0 Å². The van der Waals surface area contributed by atoms with Gasteiger partial charge in [-0.3, -0.25) is 0 Å². The first kappa shape index (κ1) is 8.32. The number of para-hydroxylation sites is 1. The Labute approximate surface area is 78.5 Å². The molecular weight excluding hydrogens is 160 g/mol. The molecule has 3 N–H and O–H groups in total. The molecule has 68 valence electrons. The molecule has 0 bridgehead atoms. The van der Waals surface area contributed by atoms with E-state index in [2.05, 4.69) is 29.7 Å². The third-order valence-corrected chi connectivity index (χ3v) is 2.33. The van der Waals surface area contributed by atoms with Crippen LogP contribution in [0.25, 0.3) is 0 Å². The summed E-state index contributed by atoms with van der Waals surface area (Å²) in [6.07, 6.45) is 4.11. The van der Waals surface area contributed by atoms with Crippen molar-refractivity contribution in [2.45, 2.75) is 12.8 Å². The summed E-state index contributed by atoms with van der Waals surface area (Å²) in [5.74, 6) is 0. The van der Waals surface area contributed by atoms with Gasteiger partial charge in [0.1, 0.15) is 0 Å². The van der Waals surface area contributed by atoms with E-state index in [1.807, 2.05) is 6.07 Å². The smallest absolute Gasteiger partial charge is 0.0415 e. The third kappa shape index (κ3) is 1.73. The van der Waals surface area contributed by atoms with Gasteiger partial charge in [-0.2, -0.15) is 0 Å². The molecule has 0 aromatic heterocycles. The maximum atomic E-state index is 5.51. The minimum absolute atomic E-state index is 0.732. The molecule has 0 unspecified atom stereocenters. The lowest BCUT2D eigenvalue weighted by molar-refractivity contribution is 0.898. The predicted octanol–water partition coefficient (Wildman–Crippen LogP) is 1.89. The monoisotopic (exact) mass is 174 g/mol. The van der Waals surface area contributed by atoms with Crippen LogP contribution in [-0.2, 0) is 6.42 Å². The lowest BCUT2D eigenvalue weighted by atomic mass is 9.99. The van der Waals surface area contributed by atoms with E-state index in [4.69, 9.17) is 5.73 Å². The van der Waals surface area contributed by atoms with Crippen molar-refractivity contribution >= 4 is 5.69 Å². The van der Waals surface area contributed by atoms with Gasteiger partial charge in [0.05, 0.1) is 0 Å². The molecule has 2 rings (SSSR count). The molecule has 13 heavy (non-hydrogen) atoms. The van der Waals surface area contributed by atoms with Gasteiger partial charge in [0.25, 0.3) is 0 Å². The fraction of sp³-hybridized carbons (Fsp3) is 0.273. The largest absolute Gasteiger partial charge is 0.361 e.